The number of primary amides is 1. The van der Waals surface area contributed by atoms with Crippen LogP contribution in [0, 0.1) is 10.6 Å². The number of carbonyl (C=O) groups is 2. The molecule has 1 saturated heterocycles. The van der Waals surface area contributed by atoms with Crippen LogP contribution in [0.15, 0.2) is 0 Å². The van der Waals surface area contributed by atoms with Crippen molar-refractivity contribution in [3.8, 4) is 0 Å². The molecule has 0 radical (unpaired) electrons. The molecule has 1 rings (SSSR count). The van der Waals surface area contributed by atoms with Crippen LogP contribution in [0.1, 0.15) is 52.9 Å². The average Bonchev–Trinajstić information content (AvgIpc) is 2.73. The fourth-order valence-electron chi connectivity index (χ4n) is 3.01. The molecule has 3 N–H and O–H groups in total. The van der Waals surface area contributed by atoms with Crippen LogP contribution < -0.4 is 11.1 Å². The molecule has 0 spiro atoms. The molecule has 0 aromatic heterocycles. The molecule has 0 aliphatic carbocycles. The van der Waals surface area contributed by atoms with Crippen molar-refractivity contribution >= 4 is 23.2 Å². The molecule has 1 aliphatic heterocycles. The summed E-state index contributed by atoms with van der Waals surface area (Å²) < 4.78 is 11.3. The van der Waals surface area contributed by atoms with Gasteiger partial charge >= 0.3 is 5.91 Å². The van der Waals surface area contributed by atoms with Gasteiger partial charge in [0.15, 0.2) is 17.1 Å². The van der Waals surface area contributed by atoms with E-state index in [-0.39, 0.29) is 12.2 Å². The van der Waals surface area contributed by atoms with Gasteiger partial charge < -0.3 is 20.8 Å². The molecule has 23 heavy (non-hydrogen) atoms. The first-order chi connectivity index (χ1) is 10.7. The van der Waals surface area contributed by atoms with Crippen LogP contribution in [0.25, 0.3) is 0 Å². The maximum atomic E-state index is 13.5. The number of rotatable bonds is 7. The number of nitrogens with one attached hydrogen (secondary N) is 1. The van der Waals surface area contributed by atoms with Crippen LogP contribution in [-0.4, -0.2) is 45.3 Å². The highest BCUT2D eigenvalue weighted by Gasteiger charge is 2.53. The molecule has 1 heterocycles. The first-order valence-corrected chi connectivity index (χ1v) is 9.46. The summed E-state index contributed by atoms with van der Waals surface area (Å²) in [5.74, 6) is -1.17. The highest BCUT2D eigenvalue weighted by Crippen LogP contribution is 2.35. The zero-order valence-electron chi connectivity index (χ0n) is 14.3. The fourth-order valence-corrected chi connectivity index (χ4v) is 4.60. The normalized spacial score (nSPS) is 23.6. The van der Waals surface area contributed by atoms with Gasteiger partial charge in [-0.1, -0.05) is 6.92 Å². The zero-order chi connectivity index (χ0) is 17.7. The summed E-state index contributed by atoms with van der Waals surface area (Å²) >= 11 is -1.87. The summed E-state index contributed by atoms with van der Waals surface area (Å²) in [5, 5.41) is 16.7. The van der Waals surface area contributed by atoms with Gasteiger partial charge in [0.05, 0.1) is 5.41 Å². The quantitative estimate of drug-likeness (QED) is 0.404. The van der Waals surface area contributed by atoms with Gasteiger partial charge in [-0.2, -0.15) is 0 Å². The van der Waals surface area contributed by atoms with E-state index in [1.165, 1.54) is 13.8 Å². The minimum atomic E-state index is -1.87. The van der Waals surface area contributed by atoms with Gasteiger partial charge in [0.2, 0.25) is 5.91 Å². The van der Waals surface area contributed by atoms with E-state index in [2.05, 4.69) is 5.32 Å². The molecule has 1 aliphatic rings. The second-order valence-electron chi connectivity index (χ2n) is 6.79. The Labute approximate surface area is 141 Å². The van der Waals surface area contributed by atoms with Crippen molar-refractivity contribution in [1.82, 2.24) is 5.32 Å². The zero-order valence-corrected chi connectivity index (χ0v) is 15.1. The van der Waals surface area contributed by atoms with Gasteiger partial charge in [0, 0.05) is 25.8 Å². The predicted octanol–water partition coefficient (Wildman–Crippen LogP) is 0.945. The molecule has 2 unspecified atom stereocenters. The average molecular weight is 347 g/mol. The number of quaternary nitrogens is 1. The van der Waals surface area contributed by atoms with Crippen molar-refractivity contribution in [3.05, 3.63) is 5.21 Å². The first-order valence-electron chi connectivity index (χ1n) is 8.19. The standard InChI is InChI=1S/C15H29N3O4S/c1-4-10-23(22)18(21,12-6-5-8-17-9-7-12)14(20)15(2,3)11-13(16)19/h12,17H,4-11H2,1-3H3,(H2,16,19)/t12?,18-,23?/m0/s1. The molecule has 134 valence electrons. The summed E-state index contributed by atoms with van der Waals surface area (Å²) in [7, 11) is 0. The maximum Gasteiger partial charge on any atom is 0.363 e. The lowest BCUT2D eigenvalue weighted by atomic mass is 9.87. The number of nitrogens with two attached hydrogens (primary N) is 1. The van der Waals surface area contributed by atoms with E-state index in [1.54, 1.807) is 0 Å². The van der Waals surface area contributed by atoms with Crippen molar-refractivity contribution in [3.63, 3.8) is 0 Å². The Hall–Kier alpha value is -0.670. The fraction of sp³-hybridized carbons (Fsp3) is 0.867. The SMILES string of the molecule is CCC[S+]([O-])[N@+]([O-])(C(=O)C(C)(C)CC(N)=O)C1CCCNCC1. The van der Waals surface area contributed by atoms with Crippen LogP contribution in [0.5, 0.6) is 0 Å². The Bertz CT molecular complexity index is 425. The highest BCUT2D eigenvalue weighted by molar-refractivity contribution is 7.86. The third-order valence-corrected chi connectivity index (χ3v) is 6.01. The Morgan fingerprint density at radius 3 is 2.57 bits per heavy atom. The minimum absolute atomic E-state index is 0.172. The van der Waals surface area contributed by atoms with Gasteiger partial charge in [0.25, 0.3) is 0 Å². The molecule has 2 amide bonds. The monoisotopic (exact) mass is 347 g/mol. The van der Waals surface area contributed by atoms with E-state index in [4.69, 9.17) is 5.73 Å². The Balaban J connectivity index is 3.16. The largest absolute Gasteiger partial charge is 0.579 e. The summed E-state index contributed by atoms with van der Waals surface area (Å²) in [5.41, 5.74) is 3.99. The molecule has 0 bridgehead atoms. The van der Waals surface area contributed by atoms with E-state index in [1.807, 2.05) is 6.92 Å². The number of hydrogen-bond acceptors (Lipinski definition) is 5. The second-order valence-corrected chi connectivity index (χ2v) is 8.38. The lowest BCUT2D eigenvalue weighted by Gasteiger charge is -2.45. The van der Waals surface area contributed by atoms with Crippen molar-refractivity contribution in [2.45, 2.75) is 58.9 Å². The Morgan fingerprint density at radius 2 is 2.00 bits per heavy atom. The van der Waals surface area contributed by atoms with Crippen molar-refractivity contribution in [1.29, 1.82) is 0 Å². The van der Waals surface area contributed by atoms with Crippen LogP contribution in [0.4, 0.5) is 0 Å². The van der Waals surface area contributed by atoms with Gasteiger partial charge in [-0.25, -0.2) is 4.79 Å². The number of hydrogen-bond donors (Lipinski definition) is 2. The van der Waals surface area contributed by atoms with Gasteiger partial charge in [-0.05, 0) is 33.2 Å². The molecule has 0 saturated carbocycles. The number of nitrogens with zero attached hydrogens (tertiary/aromatic N) is 1. The molecule has 8 heteroatoms. The van der Waals surface area contributed by atoms with E-state index in [9.17, 15) is 19.3 Å². The van der Waals surface area contributed by atoms with Gasteiger partial charge in [-0.3, -0.25) is 4.79 Å². The molecule has 0 aromatic carbocycles. The Kier molecular flexibility index (Phi) is 7.47. The number of hydroxylamine groups is 2. The second kappa shape index (κ2) is 8.43. The van der Waals surface area contributed by atoms with E-state index >= 15 is 0 Å². The van der Waals surface area contributed by atoms with E-state index in [0.29, 0.717) is 25.8 Å². The summed E-state index contributed by atoms with van der Waals surface area (Å²) in [6.07, 6.45) is 2.15. The summed E-state index contributed by atoms with van der Waals surface area (Å²) in [4.78, 5) is 24.2. The molecule has 3 atom stereocenters. The molecule has 7 nitrogen and oxygen atoms in total. The molecular formula is C15H29N3O4S. The number of carbonyl (C=O) groups excluding carboxylic acids is 2. The topological polar surface area (TPSA) is 118 Å². The summed E-state index contributed by atoms with van der Waals surface area (Å²) in [6.45, 7) is 6.30. The third kappa shape index (κ3) is 4.90. The van der Waals surface area contributed by atoms with Crippen molar-refractivity contribution < 1.29 is 18.2 Å². The molecule has 1 fully saturated rings. The predicted molar refractivity (Wildman–Crippen MR) is 90.0 cm³/mol. The lowest BCUT2D eigenvalue weighted by molar-refractivity contribution is -0.709. The van der Waals surface area contributed by atoms with Crippen LogP contribution in [0.2, 0.25) is 0 Å². The van der Waals surface area contributed by atoms with Crippen molar-refractivity contribution in [2.75, 3.05) is 18.8 Å². The van der Waals surface area contributed by atoms with Crippen molar-refractivity contribution in [2.24, 2.45) is 11.1 Å². The van der Waals surface area contributed by atoms with Crippen LogP contribution in [-0.2, 0) is 21.0 Å². The summed E-state index contributed by atoms with van der Waals surface area (Å²) in [6, 6.07) is -0.544. The van der Waals surface area contributed by atoms with E-state index < -0.39 is 38.7 Å². The number of amides is 2. The lowest BCUT2D eigenvalue weighted by Crippen LogP contribution is -2.63. The third-order valence-electron chi connectivity index (χ3n) is 4.19. The van der Waals surface area contributed by atoms with Gasteiger partial charge in [-0.15, -0.1) is 4.05 Å². The maximum absolute atomic E-state index is 13.5. The van der Waals surface area contributed by atoms with Crippen LogP contribution >= 0.6 is 0 Å². The minimum Gasteiger partial charge on any atom is -0.579 e. The van der Waals surface area contributed by atoms with Gasteiger partial charge in [0.1, 0.15) is 6.04 Å². The Morgan fingerprint density at radius 1 is 1.35 bits per heavy atom. The first kappa shape index (κ1) is 20.4. The molecule has 0 aromatic rings. The smallest absolute Gasteiger partial charge is 0.363 e. The van der Waals surface area contributed by atoms with E-state index in [0.717, 1.165) is 13.0 Å². The molecular weight excluding hydrogens is 318 g/mol. The van der Waals surface area contributed by atoms with Crippen LogP contribution in [0.3, 0.4) is 0 Å². The highest BCUT2D eigenvalue weighted by atomic mass is 32.2.